The maximum absolute atomic E-state index is 13.9. The highest BCUT2D eigenvalue weighted by Crippen LogP contribution is 2.32. The van der Waals surface area contributed by atoms with Crippen LogP contribution in [0.25, 0.3) is 22.2 Å². The van der Waals surface area contributed by atoms with E-state index in [0.29, 0.717) is 16.6 Å². The molecule has 0 saturated heterocycles. The first-order chi connectivity index (χ1) is 10.1. The number of hydrogen-bond acceptors (Lipinski definition) is 2. The summed E-state index contributed by atoms with van der Waals surface area (Å²) in [5, 5.41) is 0.432. The molecule has 0 saturated carbocycles. The lowest BCUT2D eigenvalue weighted by atomic mass is 10.1. The molecule has 0 bridgehead atoms. The molecule has 106 valence electrons. The predicted molar refractivity (Wildman–Crippen MR) is 75.0 cm³/mol. The number of halogens is 2. The van der Waals surface area contributed by atoms with Gasteiger partial charge in [-0.25, -0.2) is 13.6 Å². The average molecular weight is 287 g/mol. The van der Waals surface area contributed by atoms with Gasteiger partial charge >= 0.3 is 5.97 Å². The number of methoxy groups -OCH3 is 1. The van der Waals surface area contributed by atoms with Gasteiger partial charge in [0.15, 0.2) is 0 Å². The van der Waals surface area contributed by atoms with E-state index < -0.39 is 11.8 Å². The molecule has 0 fully saturated rings. The van der Waals surface area contributed by atoms with Crippen LogP contribution in [-0.2, 0) is 4.74 Å². The molecule has 1 heterocycles. The van der Waals surface area contributed by atoms with Crippen LogP contribution < -0.4 is 0 Å². The van der Waals surface area contributed by atoms with Gasteiger partial charge < -0.3 is 9.72 Å². The Balaban J connectivity index is 2.33. The van der Waals surface area contributed by atoms with Crippen LogP contribution in [0.3, 0.4) is 0 Å². The van der Waals surface area contributed by atoms with Gasteiger partial charge in [-0.2, -0.15) is 0 Å². The minimum absolute atomic E-state index is 0.220. The summed E-state index contributed by atoms with van der Waals surface area (Å²) in [6, 6.07) is 10.0. The first-order valence-corrected chi connectivity index (χ1v) is 6.26. The number of fused-ring (bicyclic) bond motifs is 1. The molecule has 3 nitrogen and oxygen atoms in total. The van der Waals surface area contributed by atoms with Gasteiger partial charge in [-0.1, -0.05) is 12.1 Å². The number of carbonyl (C=O) groups is 1. The topological polar surface area (TPSA) is 42.1 Å². The Morgan fingerprint density at radius 2 is 1.81 bits per heavy atom. The van der Waals surface area contributed by atoms with Crippen molar-refractivity contribution < 1.29 is 18.3 Å². The van der Waals surface area contributed by atoms with Gasteiger partial charge in [-0.05, 0) is 35.9 Å². The predicted octanol–water partition coefficient (Wildman–Crippen LogP) is 3.90. The van der Waals surface area contributed by atoms with Crippen LogP contribution in [0.5, 0.6) is 0 Å². The number of hydrogen-bond donors (Lipinski definition) is 1. The normalized spacial score (nSPS) is 10.8. The lowest BCUT2D eigenvalue weighted by molar-refractivity contribution is 0.0604. The summed E-state index contributed by atoms with van der Waals surface area (Å²) in [5.41, 5.74) is 1.44. The Morgan fingerprint density at radius 3 is 2.48 bits per heavy atom. The zero-order chi connectivity index (χ0) is 15.0. The number of para-hydroxylation sites is 1. The van der Waals surface area contributed by atoms with E-state index in [1.54, 1.807) is 6.07 Å². The number of rotatable bonds is 2. The summed E-state index contributed by atoms with van der Waals surface area (Å²) < 4.78 is 31.7. The van der Waals surface area contributed by atoms with E-state index in [9.17, 15) is 13.6 Å². The lowest BCUT2D eigenvalue weighted by Crippen LogP contribution is -2.02. The molecule has 0 atom stereocenters. The second-order valence-corrected chi connectivity index (χ2v) is 4.54. The van der Waals surface area contributed by atoms with Crippen molar-refractivity contribution in [1.29, 1.82) is 0 Å². The molecule has 0 aliphatic carbocycles. The van der Waals surface area contributed by atoms with E-state index in [1.807, 2.05) is 0 Å². The fourth-order valence-corrected chi connectivity index (χ4v) is 2.33. The molecule has 5 heteroatoms. The molecule has 2 aromatic carbocycles. The largest absolute Gasteiger partial charge is 0.465 e. The van der Waals surface area contributed by atoms with E-state index in [1.165, 1.54) is 43.5 Å². The molecule has 3 aromatic rings. The van der Waals surface area contributed by atoms with Crippen molar-refractivity contribution in [2.24, 2.45) is 0 Å². The van der Waals surface area contributed by atoms with E-state index in [-0.39, 0.29) is 16.9 Å². The number of benzene rings is 2. The number of H-pyrrole nitrogens is 1. The van der Waals surface area contributed by atoms with Crippen LogP contribution in [0.2, 0.25) is 0 Å². The highest BCUT2D eigenvalue weighted by molar-refractivity contribution is 6.10. The molecular formula is C16H11F2NO2. The van der Waals surface area contributed by atoms with E-state index in [0.717, 1.165) is 0 Å². The number of aromatic amines is 1. The summed E-state index contributed by atoms with van der Waals surface area (Å²) in [6.45, 7) is 0. The van der Waals surface area contributed by atoms with Gasteiger partial charge in [0.1, 0.15) is 11.6 Å². The van der Waals surface area contributed by atoms with Crippen LogP contribution in [-0.4, -0.2) is 18.1 Å². The third kappa shape index (κ3) is 2.16. The molecule has 0 unspecified atom stereocenters. The van der Waals surface area contributed by atoms with Crippen molar-refractivity contribution in [3.05, 3.63) is 59.7 Å². The first-order valence-electron chi connectivity index (χ1n) is 6.26. The smallest absolute Gasteiger partial charge is 0.340 e. The van der Waals surface area contributed by atoms with Gasteiger partial charge in [0.2, 0.25) is 0 Å². The zero-order valence-corrected chi connectivity index (χ0v) is 11.1. The van der Waals surface area contributed by atoms with E-state index in [4.69, 9.17) is 4.74 Å². The Bertz CT molecular complexity index is 822. The van der Waals surface area contributed by atoms with E-state index >= 15 is 0 Å². The highest BCUT2D eigenvalue weighted by atomic mass is 19.1. The Labute approximate surface area is 119 Å². The van der Waals surface area contributed by atoms with Gasteiger partial charge in [-0.3, -0.25) is 0 Å². The monoisotopic (exact) mass is 287 g/mol. The van der Waals surface area contributed by atoms with Crippen molar-refractivity contribution >= 4 is 16.9 Å². The fourth-order valence-electron chi connectivity index (χ4n) is 2.33. The van der Waals surface area contributed by atoms with Crippen molar-refractivity contribution in [1.82, 2.24) is 4.98 Å². The number of nitrogens with one attached hydrogen (secondary N) is 1. The molecule has 3 rings (SSSR count). The Hall–Kier alpha value is -2.69. The second-order valence-electron chi connectivity index (χ2n) is 4.54. The van der Waals surface area contributed by atoms with Gasteiger partial charge in [0.25, 0.3) is 0 Å². The summed E-state index contributed by atoms with van der Waals surface area (Å²) in [5.74, 6) is -1.43. The maximum Gasteiger partial charge on any atom is 0.340 e. The van der Waals surface area contributed by atoms with Crippen molar-refractivity contribution in [3.63, 3.8) is 0 Å². The lowest BCUT2D eigenvalue weighted by Gasteiger charge is -2.03. The van der Waals surface area contributed by atoms with Crippen molar-refractivity contribution in [2.45, 2.75) is 0 Å². The molecule has 0 radical (unpaired) electrons. The van der Waals surface area contributed by atoms with Gasteiger partial charge in [-0.15, -0.1) is 0 Å². The third-order valence-corrected chi connectivity index (χ3v) is 3.31. The van der Waals surface area contributed by atoms with E-state index in [2.05, 4.69) is 4.98 Å². The van der Waals surface area contributed by atoms with Crippen LogP contribution in [0.1, 0.15) is 10.4 Å². The second kappa shape index (κ2) is 5.01. The average Bonchev–Trinajstić information content (AvgIpc) is 2.88. The summed E-state index contributed by atoms with van der Waals surface area (Å²) in [7, 11) is 1.26. The first kappa shape index (κ1) is 13.3. The standard InChI is InChI=1S/C16H11F2NO2/c1-21-16(20)13-11-3-2-4-12(18)15(11)19-14(13)9-5-7-10(17)8-6-9/h2-8,19H,1H3. The zero-order valence-electron chi connectivity index (χ0n) is 11.1. The molecular weight excluding hydrogens is 276 g/mol. The van der Waals surface area contributed by atoms with Gasteiger partial charge in [0.05, 0.1) is 23.9 Å². The molecule has 1 N–H and O–H groups in total. The van der Waals surface area contributed by atoms with Gasteiger partial charge in [0, 0.05) is 5.39 Å². The highest BCUT2D eigenvalue weighted by Gasteiger charge is 2.21. The Kier molecular flexibility index (Phi) is 3.17. The van der Waals surface area contributed by atoms with Crippen LogP contribution in [0.4, 0.5) is 8.78 Å². The van der Waals surface area contributed by atoms with Crippen molar-refractivity contribution in [3.8, 4) is 11.3 Å². The SMILES string of the molecule is COC(=O)c1c(-c2ccc(F)cc2)[nH]c2c(F)cccc12. The molecule has 0 amide bonds. The van der Waals surface area contributed by atoms with Crippen LogP contribution >= 0.6 is 0 Å². The number of ether oxygens (including phenoxy) is 1. The third-order valence-electron chi connectivity index (χ3n) is 3.31. The fraction of sp³-hybridized carbons (Fsp3) is 0.0625. The number of esters is 1. The quantitative estimate of drug-likeness (QED) is 0.726. The molecule has 0 aliphatic heterocycles. The molecule has 1 aromatic heterocycles. The number of aromatic nitrogens is 1. The molecule has 0 spiro atoms. The number of carbonyl (C=O) groups excluding carboxylic acids is 1. The van der Waals surface area contributed by atoms with Crippen molar-refractivity contribution in [2.75, 3.05) is 7.11 Å². The van der Waals surface area contributed by atoms with Crippen LogP contribution in [0.15, 0.2) is 42.5 Å². The summed E-state index contributed by atoms with van der Waals surface area (Å²) >= 11 is 0. The minimum Gasteiger partial charge on any atom is -0.465 e. The molecule has 0 aliphatic rings. The summed E-state index contributed by atoms with van der Waals surface area (Å²) in [6.07, 6.45) is 0. The maximum atomic E-state index is 13.9. The minimum atomic E-state index is -0.578. The van der Waals surface area contributed by atoms with Crippen LogP contribution in [0, 0.1) is 11.6 Å². The Morgan fingerprint density at radius 1 is 1.10 bits per heavy atom. The molecule has 21 heavy (non-hydrogen) atoms. The summed E-state index contributed by atoms with van der Waals surface area (Å²) in [4.78, 5) is 14.9.